The summed E-state index contributed by atoms with van der Waals surface area (Å²) < 4.78 is 45.0. The molecule has 0 aliphatic heterocycles. The van der Waals surface area contributed by atoms with Crippen molar-refractivity contribution in [1.29, 1.82) is 0 Å². The van der Waals surface area contributed by atoms with Gasteiger partial charge in [-0.25, -0.2) is 12.8 Å². The van der Waals surface area contributed by atoms with Crippen LogP contribution in [0.1, 0.15) is 5.56 Å². The van der Waals surface area contributed by atoms with Gasteiger partial charge in [0.15, 0.2) is 0 Å². The van der Waals surface area contributed by atoms with Crippen molar-refractivity contribution < 1.29 is 17.5 Å². The normalized spacial score (nSPS) is 11.2. The molecule has 0 amide bonds. The Morgan fingerprint density at radius 1 is 1.19 bits per heavy atom. The molecule has 0 aliphatic rings. The van der Waals surface area contributed by atoms with Crippen molar-refractivity contribution in [3.8, 4) is 5.75 Å². The summed E-state index contributed by atoms with van der Waals surface area (Å²) in [5, 5.41) is 0.633. The Morgan fingerprint density at radius 3 is 2.43 bits per heavy atom. The predicted molar refractivity (Wildman–Crippen MR) is 82.8 cm³/mol. The summed E-state index contributed by atoms with van der Waals surface area (Å²) in [7, 11) is -2.33. The summed E-state index contributed by atoms with van der Waals surface area (Å²) in [6, 6.07) is 9.74. The van der Waals surface area contributed by atoms with E-state index in [-0.39, 0.29) is 4.90 Å². The fourth-order valence-corrected chi connectivity index (χ4v) is 3.14. The molecule has 2 aromatic carbocycles. The van der Waals surface area contributed by atoms with Crippen molar-refractivity contribution in [2.75, 3.05) is 11.8 Å². The second kappa shape index (κ2) is 6.44. The Labute approximate surface area is 131 Å². The second-order valence-electron chi connectivity index (χ2n) is 4.23. The molecule has 21 heavy (non-hydrogen) atoms. The van der Waals surface area contributed by atoms with Crippen LogP contribution in [0.2, 0.25) is 0 Å². The SMILES string of the molecule is COc1cc(CBr)ccc1NS(=O)(=O)c1ccc(F)cc1. The number of nitrogens with one attached hydrogen (secondary N) is 1. The predicted octanol–water partition coefficient (Wildman–Crippen LogP) is 3.53. The summed E-state index contributed by atoms with van der Waals surface area (Å²) in [4.78, 5) is -0.0180. The van der Waals surface area contributed by atoms with E-state index in [4.69, 9.17) is 4.74 Å². The maximum atomic E-state index is 12.9. The van der Waals surface area contributed by atoms with Crippen molar-refractivity contribution in [2.45, 2.75) is 10.2 Å². The highest BCUT2D eigenvalue weighted by Crippen LogP contribution is 2.28. The number of benzene rings is 2. The highest BCUT2D eigenvalue weighted by atomic mass is 79.9. The van der Waals surface area contributed by atoms with Crippen LogP contribution in [0.15, 0.2) is 47.4 Å². The molecule has 2 rings (SSSR count). The quantitative estimate of drug-likeness (QED) is 0.815. The molecule has 4 nitrogen and oxygen atoms in total. The Morgan fingerprint density at radius 2 is 1.86 bits per heavy atom. The zero-order valence-corrected chi connectivity index (χ0v) is 13.5. The van der Waals surface area contributed by atoms with Gasteiger partial charge in [0.25, 0.3) is 10.0 Å². The molecule has 0 aliphatic carbocycles. The Balaban J connectivity index is 2.34. The van der Waals surface area contributed by atoms with Gasteiger partial charge in [0, 0.05) is 5.33 Å². The van der Waals surface area contributed by atoms with Gasteiger partial charge in [0.1, 0.15) is 11.6 Å². The molecule has 0 unspecified atom stereocenters. The highest BCUT2D eigenvalue weighted by Gasteiger charge is 2.16. The zero-order chi connectivity index (χ0) is 15.5. The molecule has 0 bridgehead atoms. The van der Waals surface area contributed by atoms with Crippen molar-refractivity contribution in [3.63, 3.8) is 0 Å². The number of anilines is 1. The van der Waals surface area contributed by atoms with Crippen LogP contribution < -0.4 is 9.46 Å². The summed E-state index contributed by atoms with van der Waals surface area (Å²) in [5.74, 6) is -0.0779. The van der Waals surface area contributed by atoms with E-state index in [2.05, 4.69) is 20.7 Å². The number of hydrogen-bond acceptors (Lipinski definition) is 3. The minimum absolute atomic E-state index is 0.0180. The molecule has 0 saturated heterocycles. The fourth-order valence-electron chi connectivity index (χ4n) is 1.72. The van der Waals surface area contributed by atoms with E-state index in [9.17, 15) is 12.8 Å². The molecule has 112 valence electrons. The van der Waals surface area contributed by atoms with Crippen LogP contribution in [-0.4, -0.2) is 15.5 Å². The van der Waals surface area contributed by atoms with E-state index in [1.54, 1.807) is 18.2 Å². The second-order valence-corrected chi connectivity index (χ2v) is 6.47. The van der Waals surface area contributed by atoms with Crippen molar-refractivity contribution in [2.24, 2.45) is 0 Å². The summed E-state index contributed by atoms with van der Waals surface area (Å²) >= 11 is 3.32. The van der Waals surface area contributed by atoms with Crippen LogP contribution >= 0.6 is 15.9 Å². The molecular weight excluding hydrogens is 361 g/mol. The Hall–Kier alpha value is -1.60. The largest absolute Gasteiger partial charge is 0.495 e. The first kappa shape index (κ1) is 15.8. The maximum Gasteiger partial charge on any atom is 0.262 e. The minimum atomic E-state index is -3.79. The van der Waals surface area contributed by atoms with E-state index in [0.29, 0.717) is 16.8 Å². The Kier molecular flexibility index (Phi) is 4.84. The lowest BCUT2D eigenvalue weighted by Crippen LogP contribution is -2.13. The van der Waals surface area contributed by atoms with Crippen LogP contribution in [0.25, 0.3) is 0 Å². The third-order valence-corrected chi connectivity index (χ3v) is 4.82. The third-order valence-electron chi connectivity index (χ3n) is 2.79. The molecule has 7 heteroatoms. The average Bonchev–Trinajstić information content (AvgIpc) is 2.47. The van der Waals surface area contributed by atoms with E-state index in [0.717, 1.165) is 17.7 Å². The fraction of sp³-hybridized carbons (Fsp3) is 0.143. The van der Waals surface area contributed by atoms with Crippen LogP contribution in [0, 0.1) is 5.82 Å². The van der Waals surface area contributed by atoms with Gasteiger partial charge in [-0.05, 0) is 42.0 Å². The van der Waals surface area contributed by atoms with Gasteiger partial charge in [0.2, 0.25) is 0 Å². The molecule has 0 aromatic heterocycles. The molecule has 0 spiro atoms. The van der Waals surface area contributed by atoms with Crippen molar-refractivity contribution >= 4 is 31.6 Å². The summed E-state index contributed by atoms with van der Waals surface area (Å²) in [6.45, 7) is 0. The minimum Gasteiger partial charge on any atom is -0.495 e. The summed E-state index contributed by atoms with van der Waals surface area (Å²) in [6.07, 6.45) is 0. The molecule has 2 aromatic rings. The van der Waals surface area contributed by atoms with Gasteiger partial charge < -0.3 is 4.74 Å². The van der Waals surface area contributed by atoms with Crippen LogP contribution in [0.3, 0.4) is 0 Å². The van der Waals surface area contributed by atoms with E-state index >= 15 is 0 Å². The molecular formula is C14H13BrFNO3S. The van der Waals surface area contributed by atoms with Crippen LogP contribution in [0.5, 0.6) is 5.75 Å². The molecule has 0 saturated carbocycles. The smallest absolute Gasteiger partial charge is 0.262 e. The lowest BCUT2D eigenvalue weighted by Gasteiger charge is -2.12. The third kappa shape index (κ3) is 3.74. The van der Waals surface area contributed by atoms with Gasteiger partial charge in [-0.2, -0.15) is 0 Å². The molecule has 0 fully saturated rings. The van der Waals surface area contributed by atoms with Gasteiger partial charge >= 0.3 is 0 Å². The van der Waals surface area contributed by atoms with Crippen molar-refractivity contribution in [1.82, 2.24) is 0 Å². The summed E-state index contributed by atoms with van der Waals surface area (Å²) in [5.41, 5.74) is 1.28. The van der Waals surface area contributed by atoms with E-state index in [1.807, 2.05) is 0 Å². The lowest BCUT2D eigenvalue weighted by atomic mass is 10.2. The first-order chi connectivity index (χ1) is 9.96. The average molecular weight is 374 g/mol. The molecule has 0 heterocycles. The number of alkyl halides is 1. The Bertz CT molecular complexity index is 732. The first-order valence-corrected chi connectivity index (χ1v) is 8.58. The molecule has 0 radical (unpaired) electrons. The van der Waals surface area contributed by atoms with E-state index in [1.165, 1.54) is 19.2 Å². The van der Waals surface area contributed by atoms with Gasteiger partial charge in [-0.15, -0.1) is 0 Å². The number of rotatable bonds is 5. The number of hydrogen-bond donors (Lipinski definition) is 1. The van der Waals surface area contributed by atoms with Crippen LogP contribution in [0.4, 0.5) is 10.1 Å². The van der Waals surface area contributed by atoms with E-state index < -0.39 is 15.8 Å². The number of halogens is 2. The number of ether oxygens (including phenoxy) is 1. The number of sulfonamides is 1. The van der Waals surface area contributed by atoms with Crippen molar-refractivity contribution in [3.05, 3.63) is 53.8 Å². The topological polar surface area (TPSA) is 55.4 Å². The monoisotopic (exact) mass is 373 g/mol. The first-order valence-electron chi connectivity index (χ1n) is 5.97. The maximum absolute atomic E-state index is 12.9. The molecule has 1 N–H and O–H groups in total. The number of methoxy groups -OCH3 is 1. The zero-order valence-electron chi connectivity index (χ0n) is 11.1. The highest BCUT2D eigenvalue weighted by molar-refractivity contribution is 9.08. The van der Waals surface area contributed by atoms with Gasteiger partial charge in [0.05, 0.1) is 17.7 Å². The standard InChI is InChI=1S/C14H13BrFNO3S/c1-20-14-8-10(9-15)2-7-13(14)17-21(18,19)12-5-3-11(16)4-6-12/h2-8,17H,9H2,1H3. The van der Waals surface area contributed by atoms with Gasteiger partial charge in [-0.1, -0.05) is 22.0 Å². The molecule has 0 atom stereocenters. The van der Waals surface area contributed by atoms with Gasteiger partial charge in [-0.3, -0.25) is 4.72 Å². The van der Waals surface area contributed by atoms with Crippen LogP contribution in [-0.2, 0) is 15.4 Å². The lowest BCUT2D eigenvalue weighted by molar-refractivity contribution is 0.416.